The maximum atomic E-state index is 13.7. The first-order chi connectivity index (χ1) is 22.0. The van der Waals surface area contributed by atoms with Crippen molar-refractivity contribution in [2.75, 3.05) is 13.2 Å². The minimum Gasteiger partial charge on any atom is -0.481 e. The molecule has 0 spiro atoms. The normalized spacial score (nSPS) is 50.9. The third kappa shape index (κ3) is 5.19. The molecule has 0 bridgehead atoms. The van der Waals surface area contributed by atoms with Crippen LogP contribution in [0.25, 0.3) is 0 Å². The molecule has 6 aliphatic rings. The van der Waals surface area contributed by atoms with Gasteiger partial charge in [-0.05, 0) is 97.7 Å². The van der Waals surface area contributed by atoms with E-state index in [9.17, 15) is 45.0 Å². The molecule has 47 heavy (non-hydrogen) atoms. The molecule has 12 nitrogen and oxygen atoms in total. The van der Waals surface area contributed by atoms with Gasteiger partial charge in [0.15, 0.2) is 12.9 Å². The molecule has 264 valence electrons. The van der Waals surface area contributed by atoms with Crippen molar-refractivity contribution in [3.05, 3.63) is 11.6 Å². The maximum Gasteiger partial charge on any atom is 0.341 e. The van der Waals surface area contributed by atoms with E-state index in [-0.39, 0.29) is 41.6 Å². The molecule has 12 heteroatoms. The number of esters is 1. The van der Waals surface area contributed by atoms with Crippen molar-refractivity contribution in [2.24, 2.45) is 51.2 Å². The molecule has 5 aliphatic carbocycles. The Morgan fingerprint density at radius 3 is 2.36 bits per heavy atom. The molecule has 5 unspecified atom stereocenters. The zero-order valence-corrected chi connectivity index (χ0v) is 27.8. The quantitative estimate of drug-likeness (QED) is 0.138. The Bertz CT molecular complexity index is 1300. The Morgan fingerprint density at radius 2 is 1.68 bits per heavy atom. The highest BCUT2D eigenvalue weighted by Crippen LogP contribution is 2.74. The zero-order valence-electron chi connectivity index (χ0n) is 27.8. The summed E-state index contributed by atoms with van der Waals surface area (Å²) in [5, 5.41) is 62.0. The largest absolute Gasteiger partial charge is 0.481 e. The SMILES string of the molecule is CC1CC[C@]2(C(=O)OCC(=O)O)CC[C@]3(C)C(=CCC4[C@@]5(C)C[C@H](O)[C@H](OC6OC[C@@H](O)[C@H](O)[C@H]6O)[C@@H](C(=O)O)C5CC[C@]43C)C2C1. The monoisotopic (exact) mass is 664 g/mol. The average molecular weight is 665 g/mol. The van der Waals surface area contributed by atoms with E-state index in [1.54, 1.807) is 0 Å². The van der Waals surface area contributed by atoms with Gasteiger partial charge in [-0.2, -0.15) is 0 Å². The minimum atomic E-state index is -1.60. The molecule has 0 aromatic rings. The van der Waals surface area contributed by atoms with Crippen LogP contribution in [0.15, 0.2) is 11.6 Å². The number of hydrogen-bond acceptors (Lipinski definition) is 10. The predicted octanol–water partition coefficient (Wildman–Crippen LogP) is 2.50. The van der Waals surface area contributed by atoms with Crippen LogP contribution in [0.2, 0.25) is 0 Å². The summed E-state index contributed by atoms with van der Waals surface area (Å²) in [6, 6.07) is 0. The van der Waals surface area contributed by atoms with Crippen molar-refractivity contribution in [3.8, 4) is 0 Å². The van der Waals surface area contributed by atoms with Crippen molar-refractivity contribution in [3.63, 3.8) is 0 Å². The van der Waals surface area contributed by atoms with Gasteiger partial charge in [0, 0.05) is 0 Å². The van der Waals surface area contributed by atoms with Crippen LogP contribution < -0.4 is 0 Å². The number of ether oxygens (including phenoxy) is 3. The van der Waals surface area contributed by atoms with Crippen LogP contribution in [-0.4, -0.2) is 98.6 Å². The number of rotatable bonds is 6. The first-order valence-electron chi connectivity index (χ1n) is 17.3. The van der Waals surface area contributed by atoms with Gasteiger partial charge >= 0.3 is 17.9 Å². The molecule has 0 aromatic carbocycles. The van der Waals surface area contributed by atoms with Crippen molar-refractivity contribution in [1.82, 2.24) is 0 Å². The fraction of sp³-hybridized carbons (Fsp3) is 0.857. The second kappa shape index (κ2) is 12.1. The molecule has 5 fully saturated rings. The van der Waals surface area contributed by atoms with Gasteiger partial charge in [-0.25, -0.2) is 4.79 Å². The van der Waals surface area contributed by atoms with E-state index in [1.807, 2.05) is 0 Å². The lowest BCUT2D eigenvalue weighted by Gasteiger charge is -2.70. The molecule has 15 atom stereocenters. The van der Waals surface area contributed by atoms with Crippen LogP contribution in [-0.2, 0) is 28.6 Å². The zero-order chi connectivity index (χ0) is 34.3. The molecule has 1 aliphatic heterocycles. The van der Waals surface area contributed by atoms with E-state index in [1.165, 1.54) is 5.57 Å². The number of fused-ring (bicyclic) bond motifs is 7. The molecule has 1 heterocycles. The van der Waals surface area contributed by atoms with Gasteiger partial charge in [0.25, 0.3) is 0 Å². The number of carboxylic acid groups (broad SMARTS) is 2. The average Bonchev–Trinajstić information content (AvgIpc) is 3.00. The van der Waals surface area contributed by atoms with Crippen LogP contribution in [0.5, 0.6) is 0 Å². The van der Waals surface area contributed by atoms with Crippen LogP contribution in [0, 0.1) is 51.2 Å². The summed E-state index contributed by atoms with van der Waals surface area (Å²) in [5.74, 6) is -3.75. The smallest absolute Gasteiger partial charge is 0.341 e. The molecule has 4 saturated carbocycles. The molecular formula is C35H52O12. The number of carboxylic acids is 2. The fourth-order valence-electron chi connectivity index (χ4n) is 11.6. The third-order valence-corrected chi connectivity index (χ3v) is 14.3. The third-order valence-electron chi connectivity index (χ3n) is 14.3. The lowest BCUT2D eigenvalue weighted by Crippen LogP contribution is -2.67. The number of carbonyl (C=O) groups excluding carboxylic acids is 1. The topological polar surface area (TPSA) is 200 Å². The van der Waals surface area contributed by atoms with Crippen molar-refractivity contribution in [1.29, 1.82) is 0 Å². The summed E-state index contributed by atoms with van der Waals surface area (Å²) < 4.78 is 16.8. The first-order valence-corrected chi connectivity index (χ1v) is 17.3. The van der Waals surface area contributed by atoms with E-state index < -0.39 is 78.1 Å². The molecule has 6 N–H and O–H groups in total. The number of aliphatic hydroxyl groups excluding tert-OH is 4. The maximum absolute atomic E-state index is 13.7. The summed E-state index contributed by atoms with van der Waals surface area (Å²) in [4.78, 5) is 37.9. The molecule has 0 radical (unpaired) electrons. The molecule has 0 aromatic heterocycles. The molecule has 6 rings (SSSR count). The van der Waals surface area contributed by atoms with Gasteiger partial charge in [0.2, 0.25) is 0 Å². The van der Waals surface area contributed by atoms with Gasteiger partial charge in [-0.3, -0.25) is 9.59 Å². The number of carbonyl (C=O) groups is 3. The van der Waals surface area contributed by atoms with Crippen LogP contribution in [0.3, 0.4) is 0 Å². The second-order valence-corrected chi connectivity index (χ2v) is 16.4. The summed E-state index contributed by atoms with van der Waals surface area (Å²) in [6.07, 6.45) is 0.0422. The first kappa shape index (κ1) is 34.8. The summed E-state index contributed by atoms with van der Waals surface area (Å²) in [6.45, 7) is 7.95. The molecule has 0 amide bonds. The number of allylic oxidation sites excluding steroid dienone is 2. The van der Waals surface area contributed by atoms with E-state index in [4.69, 9.17) is 14.2 Å². The van der Waals surface area contributed by atoms with Gasteiger partial charge in [0.1, 0.15) is 24.4 Å². The summed E-state index contributed by atoms with van der Waals surface area (Å²) in [7, 11) is 0. The Kier molecular flexibility index (Phi) is 8.91. The lowest BCUT2D eigenvalue weighted by atomic mass is 9.34. The van der Waals surface area contributed by atoms with Crippen LogP contribution in [0.1, 0.15) is 85.5 Å². The molecule has 1 saturated heterocycles. The highest BCUT2D eigenvalue weighted by molar-refractivity contribution is 5.81. The summed E-state index contributed by atoms with van der Waals surface area (Å²) >= 11 is 0. The van der Waals surface area contributed by atoms with E-state index >= 15 is 0 Å². The number of aliphatic carboxylic acids is 2. The van der Waals surface area contributed by atoms with Gasteiger partial charge in [-0.1, -0.05) is 39.3 Å². The van der Waals surface area contributed by atoms with E-state index in [0.29, 0.717) is 31.6 Å². The standard InChI is InChI=1S/C35H52O12/c1-17-7-10-35(31(44)46-16-24(38)39)12-11-33(3)18(20(35)13-17)5-6-23-32(2)14-21(36)28(47-30-27(41)26(40)22(37)15-45-30)25(29(42)43)19(32)8-9-34(23,33)4/h5,17,19-23,25-28,30,36-37,40-41H,6-16H2,1-4H3,(H,38,39)(H,42,43)/t17?,19?,20?,21-,22+,23?,25-,26-,27+,28-,30?,32-,33+,34+,35-/m0/s1. The summed E-state index contributed by atoms with van der Waals surface area (Å²) in [5.41, 5.74) is -0.639. The number of aliphatic hydroxyl groups is 4. The lowest BCUT2D eigenvalue weighted by molar-refractivity contribution is -0.310. The number of hydrogen-bond donors (Lipinski definition) is 6. The highest BCUT2D eigenvalue weighted by Gasteiger charge is 2.70. The van der Waals surface area contributed by atoms with Gasteiger partial charge in [0.05, 0.1) is 24.0 Å². The Hall–Kier alpha value is -2.09. The van der Waals surface area contributed by atoms with E-state index in [2.05, 4.69) is 33.8 Å². The Morgan fingerprint density at radius 1 is 0.957 bits per heavy atom. The molecular weight excluding hydrogens is 612 g/mol. The Balaban J connectivity index is 1.32. The van der Waals surface area contributed by atoms with E-state index in [0.717, 1.165) is 25.7 Å². The van der Waals surface area contributed by atoms with Crippen LogP contribution >= 0.6 is 0 Å². The van der Waals surface area contributed by atoms with Gasteiger partial charge < -0.3 is 44.8 Å². The van der Waals surface area contributed by atoms with Crippen molar-refractivity contribution in [2.45, 2.75) is 122 Å². The van der Waals surface area contributed by atoms with Crippen molar-refractivity contribution < 1.29 is 59.2 Å². The second-order valence-electron chi connectivity index (χ2n) is 16.4. The minimum absolute atomic E-state index is 0.0286. The van der Waals surface area contributed by atoms with Gasteiger partial charge in [-0.15, -0.1) is 0 Å². The predicted molar refractivity (Wildman–Crippen MR) is 164 cm³/mol. The van der Waals surface area contributed by atoms with Crippen molar-refractivity contribution >= 4 is 17.9 Å². The van der Waals surface area contributed by atoms with Crippen LogP contribution in [0.4, 0.5) is 0 Å². The highest BCUT2D eigenvalue weighted by atomic mass is 16.7. The fourth-order valence-corrected chi connectivity index (χ4v) is 11.6. The Labute approximate surface area is 275 Å².